The van der Waals surface area contributed by atoms with Crippen molar-refractivity contribution in [3.8, 4) is 67.5 Å². The Morgan fingerprint density at radius 1 is 0.237 bits per heavy atom. The van der Waals surface area contributed by atoms with Crippen LogP contribution in [0.2, 0.25) is 0 Å². The second-order valence-corrected chi connectivity index (χ2v) is 19.7. The van der Waals surface area contributed by atoms with Gasteiger partial charge in [-0.3, -0.25) is 0 Å². The van der Waals surface area contributed by atoms with Gasteiger partial charge >= 0.3 is 0 Å². The molecule has 16 aromatic rings. The molecular weight excluding hydrogens is 929 g/mol. The summed E-state index contributed by atoms with van der Waals surface area (Å²) in [6.45, 7) is 0. The first-order valence-electron chi connectivity index (χ1n) is 25.7. The topological polar surface area (TPSA) is 61.9 Å². The lowest BCUT2D eigenvalue weighted by atomic mass is 9.93. The van der Waals surface area contributed by atoms with E-state index in [4.69, 9.17) is 18.8 Å². The third kappa shape index (κ3) is 6.67. The molecule has 0 saturated heterocycles. The normalized spacial score (nSPS) is 11.9. The monoisotopic (exact) mass is 970 g/mol. The van der Waals surface area contributed by atoms with Gasteiger partial charge in [0.2, 0.25) is 0 Å². The number of aromatic nitrogens is 4. The summed E-state index contributed by atoms with van der Waals surface area (Å²) in [7, 11) is 0. The Balaban J connectivity index is 0.956. The Bertz CT molecular complexity index is 4640. The number of hydrogen-bond donors (Lipinski definition) is 0. The molecule has 0 fully saturated rings. The van der Waals surface area contributed by atoms with Crippen LogP contribution in [0.1, 0.15) is 0 Å². The molecule has 76 heavy (non-hydrogen) atoms. The van der Waals surface area contributed by atoms with Crippen LogP contribution in [0.25, 0.3) is 155 Å². The molecule has 11 aromatic carbocycles. The molecule has 6 heteroatoms. The number of furan rings is 2. The molecule has 6 nitrogen and oxygen atoms in total. The lowest BCUT2D eigenvalue weighted by Crippen LogP contribution is -2.01. The molecule has 5 heterocycles. The summed E-state index contributed by atoms with van der Waals surface area (Å²) in [5.74, 6) is 0.633. The smallest absolute Gasteiger partial charge is 0.160 e. The van der Waals surface area contributed by atoms with Crippen LogP contribution in [0, 0.1) is 0 Å². The Labute approximate surface area is 435 Å². The fourth-order valence-corrected chi connectivity index (χ4v) is 11.8. The quantitative estimate of drug-likeness (QED) is 0.160. The minimum absolute atomic E-state index is 0.633. The van der Waals surface area contributed by atoms with Crippen LogP contribution in [0.15, 0.2) is 264 Å². The molecule has 5 aromatic heterocycles. The molecule has 0 amide bonds. The Hall–Kier alpha value is -10.3. The predicted octanol–water partition coefficient (Wildman–Crippen LogP) is 18.8. The van der Waals surface area contributed by atoms with E-state index in [0.717, 1.165) is 128 Å². The Morgan fingerprint density at radius 3 is 1.07 bits per heavy atom. The van der Waals surface area contributed by atoms with Gasteiger partial charge in [-0.15, -0.1) is 0 Å². The number of benzene rings is 11. The molecule has 0 aliphatic heterocycles. The van der Waals surface area contributed by atoms with Crippen LogP contribution in [0.4, 0.5) is 0 Å². The minimum Gasteiger partial charge on any atom is -0.456 e. The predicted molar refractivity (Wildman–Crippen MR) is 312 cm³/mol. The number of rotatable bonds is 7. The summed E-state index contributed by atoms with van der Waals surface area (Å²) in [5.41, 5.74) is 18.6. The van der Waals surface area contributed by atoms with Gasteiger partial charge in [-0.2, -0.15) is 0 Å². The van der Waals surface area contributed by atoms with Crippen molar-refractivity contribution in [2.24, 2.45) is 0 Å². The van der Waals surface area contributed by atoms with Crippen molar-refractivity contribution in [2.75, 3.05) is 0 Å². The molecule has 0 radical (unpaired) electrons. The highest BCUT2D eigenvalue weighted by atomic mass is 16.3. The van der Waals surface area contributed by atoms with E-state index in [1.54, 1.807) is 0 Å². The summed E-state index contributed by atoms with van der Waals surface area (Å²) in [6, 6.07) is 90.5. The van der Waals surface area contributed by atoms with Crippen molar-refractivity contribution < 1.29 is 8.83 Å². The highest BCUT2D eigenvalue weighted by Gasteiger charge is 2.21. The summed E-state index contributed by atoms with van der Waals surface area (Å²) >= 11 is 0. The minimum atomic E-state index is 0.633. The number of hydrogen-bond acceptors (Lipinski definition) is 4. The van der Waals surface area contributed by atoms with E-state index in [9.17, 15) is 0 Å². The second-order valence-electron chi connectivity index (χ2n) is 19.7. The van der Waals surface area contributed by atoms with Gasteiger partial charge in [0, 0.05) is 71.2 Å². The molecule has 0 saturated carbocycles. The molecule has 16 rings (SSSR count). The van der Waals surface area contributed by atoms with Gasteiger partial charge in [-0.05, 0) is 125 Å². The van der Waals surface area contributed by atoms with Gasteiger partial charge in [-0.25, -0.2) is 9.97 Å². The first-order valence-corrected chi connectivity index (χ1v) is 25.7. The van der Waals surface area contributed by atoms with Gasteiger partial charge in [0.05, 0.1) is 33.5 Å². The van der Waals surface area contributed by atoms with Crippen LogP contribution < -0.4 is 0 Å². The molecule has 0 aliphatic carbocycles. The summed E-state index contributed by atoms with van der Waals surface area (Å²) in [5, 5.41) is 9.18. The zero-order chi connectivity index (χ0) is 49.8. The molecule has 0 N–H and O–H groups in total. The van der Waals surface area contributed by atoms with E-state index >= 15 is 0 Å². The lowest BCUT2D eigenvalue weighted by Gasteiger charge is -2.17. The number of nitrogens with zero attached hydrogens (tertiary/aromatic N) is 4. The number of para-hydroxylation sites is 6. The second kappa shape index (κ2) is 16.6. The fraction of sp³-hybridized carbons (Fsp3) is 0. The van der Waals surface area contributed by atoms with Gasteiger partial charge in [0.25, 0.3) is 0 Å². The maximum Gasteiger partial charge on any atom is 0.160 e. The summed E-state index contributed by atoms with van der Waals surface area (Å²) in [6.07, 6.45) is 0. The standard InChI is InChI=1S/C70H42N4O2/c1-2-16-43(17-3-1)70-71-60(48-35-46(44-30-32-58-56-22-8-14-28-66(56)75-68(58)39-44)34-47(36-48)45-31-33-59-57-23-9-15-29-67(57)76-69(59)40-45)42-61(72-70)49-37-50(73-62-24-10-4-18-52(62)53-19-5-11-25-63(53)73)41-51(38-49)74-64-26-12-6-20-54(64)55-21-7-13-27-65(55)74/h1-42H. The first kappa shape index (κ1) is 42.2. The molecule has 354 valence electrons. The summed E-state index contributed by atoms with van der Waals surface area (Å²) < 4.78 is 17.8. The Morgan fingerprint density at radius 2 is 0.605 bits per heavy atom. The van der Waals surface area contributed by atoms with E-state index in [-0.39, 0.29) is 0 Å². The Kier molecular flexibility index (Phi) is 9.23. The van der Waals surface area contributed by atoms with Crippen molar-refractivity contribution >= 4 is 87.5 Å². The zero-order valence-electron chi connectivity index (χ0n) is 40.9. The SMILES string of the molecule is c1ccc(-c2nc(-c3cc(-c4ccc5c(c4)oc4ccccc45)cc(-c4ccc5c(c4)oc4ccccc45)c3)cc(-c3cc(-n4c5ccccc5c5ccccc54)cc(-n4c5ccccc5c5ccccc54)c3)n2)cc1. The van der Waals surface area contributed by atoms with Gasteiger partial charge in [-0.1, -0.05) is 152 Å². The van der Waals surface area contributed by atoms with Crippen molar-refractivity contribution in [1.29, 1.82) is 0 Å². The highest BCUT2D eigenvalue weighted by molar-refractivity contribution is 6.11. The van der Waals surface area contributed by atoms with Crippen molar-refractivity contribution in [3.05, 3.63) is 255 Å². The van der Waals surface area contributed by atoms with Gasteiger partial charge in [0.15, 0.2) is 5.82 Å². The maximum atomic E-state index is 6.48. The first-order chi connectivity index (χ1) is 37.6. The maximum absolute atomic E-state index is 6.48. The summed E-state index contributed by atoms with van der Waals surface area (Å²) in [4.78, 5) is 11.0. The molecule has 0 bridgehead atoms. The molecule has 0 unspecified atom stereocenters. The third-order valence-corrected chi connectivity index (χ3v) is 15.3. The van der Waals surface area contributed by atoms with Crippen LogP contribution in [-0.2, 0) is 0 Å². The fourth-order valence-electron chi connectivity index (χ4n) is 11.8. The van der Waals surface area contributed by atoms with Crippen molar-refractivity contribution in [2.45, 2.75) is 0 Å². The average molecular weight is 971 g/mol. The van der Waals surface area contributed by atoms with E-state index in [1.807, 2.05) is 30.3 Å². The zero-order valence-corrected chi connectivity index (χ0v) is 40.9. The van der Waals surface area contributed by atoms with Crippen LogP contribution >= 0.6 is 0 Å². The highest BCUT2D eigenvalue weighted by Crippen LogP contribution is 2.42. The van der Waals surface area contributed by atoms with Gasteiger partial charge < -0.3 is 18.0 Å². The van der Waals surface area contributed by atoms with E-state index in [0.29, 0.717) is 5.82 Å². The number of fused-ring (bicyclic) bond motifs is 12. The van der Waals surface area contributed by atoms with Crippen molar-refractivity contribution in [3.63, 3.8) is 0 Å². The molecule has 0 aliphatic rings. The molecular formula is C70H42N4O2. The van der Waals surface area contributed by atoms with Crippen molar-refractivity contribution in [1.82, 2.24) is 19.1 Å². The van der Waals surface area contributed by atoms with Crippen LogP contribution in [-0.4, -0.2) is 19.1 Å². The average Bonchev–Trinajstić information content (AvgIpc) is 4.25. The lowest BCUT2D eigenvalue weighted by molar-refractivity contribution is 0.668. The van der Waals surface area contributed by atoms with Gasteiger partial charge in [0.1, 0.15) is 22.3 Å². The van der Waals surface area contributed by atoms with E-state index in [2.05, 4.69) is 234 Å². The van der Waals surface area contributed by atoms with Crippen LogP contribution in [0.5, 0.6) is 0 Å². The molecule has 0 atom stereocenters. The molecule has 0 spiro atoms. The third-order valence-electron chi connectivity index (χ3n) is 15.3. The van der Waals surface area contributed by atoms with E-state index in [1.165, 1.54) is 21.5 Å². The van der Waals surface area contributed by atoms with E-state index < -0.39 is 0 Å². The van der Waals surface area contributed by atoms with Crippen LogP contribution in [0.3, 0.4) is 0 Å². The largest absolute Gasteiger partial charge is 0.456 e.